The van der Waals surface area contributed by atoms with Crippen LogP contribution in [0.3, 0.4) is 0 Å². The molecule has 60 heavy (non-hydrogen) atoms. The molecule has 0 saturated heterocycles. The van der Waals surface area contributed by atoms with Crippen LogP contribution in [-0.2, 0) is 28.6 Å². The van der Waals surface area contributed by atoms with Crippen LogP contribution in [0.5, 0.6) is 0 Å². The summed E-state index contributed by atoms with van der Waals surface area (Å²) in [5.41, 5.74) is 0. The van der Waals surface area contributed by atoms with Gasteiger partial charge in [0.2, 0.25) is 0 Å². The first-order valence-electron chi connectivity index (χ1n) is 26.7. The van der Waals surface area contributed by atoms with Crippen molar-refractivity contribution in [1.82, 2.24) is 0 Å². The van der Waals surface area contributed by atoms with Crippen molar-refractivity contribution in [2.75, 3.05) is 13.2 Å². The Morgan fingerprint density at radius 1 is 0.317 bits per heavy atom. The van der Waals surface area contributed by atoms with Gasteiger partial charge in [-0.15, -0.1) is 0 Å². The Hall–Kier alpha value is -1.85. The molecule has 0 radical (unpaired) electrons. The van der Waals surface area contributed by atoms with E-state index in [-0.39, 0.29) is 31.1 Å². The summed E-state index contributed by atoms with van der Waals surface area (Å²) < 4.78 is 16.8. The molecule has 0 spiro atoms. The van der Waals surface area contributed by atoms with E-state index in [0.717, 1.165) is 64.2 Å². The van der Waals surface area contributed by atoms with Crippen LogP contribution in [0.15, 0.2) is 12.2 Å². The second-order valence-electron chi connectivity index (χ2n) is 18.2. The Kier molecular flexibility index (Phi) is 48.3. The maximum Gasteiger partial charge on any atom is 0.306 e. The quantitative estimate of drug-likeness (QED) is 0.0263. The minimum atomic E-state index is -0.766. The van der Waals surface area contributed by atoms with Crippen LogP contribution in [0.2, 0.25) is 0 Å². The van der Waals surface area contributed by atoms with E-state index in [9.17, 15) is 14.4 Å². The average molecular weight is 847 g/mol. The van der Waals surface area contributed by atoms with Crippen molar-refractivity contribution >= 4 is 17.9 Å². The van der Waals surface area contributed by atoms with E-state index in [0.29, 0.717) is 19.3 Å². The normalized spacial score (nSPS) is 12.0. The molecular formula is C54H102O6. The van der Waals surface area contributed by atoms with Gasteiger partial charge in [0.05, 0.1) is 0 Å². The van der Waals surface area contributed by atoms with Gasteiger partial charge in [-0.25, -0.2) is 0 Å². The minimum absolute atomic E-state index is 0.0685. The Bertz CT molecular complexity index is 931. The molecule has 0 fully saturated rings. The van der Waals surface area contributed by atoms with Crippen molar-refractivity contribution in [1.29, 1.82) is 0 Å². The number of unbranched alkanes of at least 4 members (excludes halogenated alkanes) is 36. The maximum absolute atomic E-state index is 12.7. The average Bonchev–Trinajstić information content (AvgIpc) is 3.24. The zero-order valence-electron chi connectivity index (χ0n) is 40.5. The molecule has 0 aromatic rings. The van der Waals surface area contributed by atoms with Gasteiger partial charge in [0.1, 0.15) is 13.2 Å². The van der Waals surface area contributed by atoms with Gasteiger partial charge in [-0.3, -0.25) is 14.4 Å². The molecule has 354 valence electrons. The summed E-state index contributed by atoms with van der Waals surface area (Å²) in [5.74, 6) is -0.865. The van der Waals surface area contributed by atoms with Crippen molar-refractivity contribution in [2.45, 2.75) is 303 Å². The van der Waals surface area contributed by atoms with Crippen molar-refractivity contribution in [3.63, 3.8) is 0 Å². The van der Waals surface area contributed by atoms with E-state index in [1.54, 1.807) is 0 Å². The number of carbonyl (C=O) groups excluding carboxylic acids is 3. The number of carbonyl (C=O) groups is 3. The smallest absolute Gasteiger partial charge is 0.306 e. The van der Waals surface area contributed by atoms with Crippen molar-refractivity contribution in [2.24, 2.45) is 0 Å². The number of hydrogen-bond donors (Lipinski definition) is 0. The van der Waals surface area contributed by atoms with E-state index in [2.05, 4.69) is 32.9 Å². The first kappa shape index (κ1) is 58.1. The number of allylic oxidation sites excluding steroid dienone is 2. The summed E-state index contributed by atoms with van der Waals surface area (Å²) in [6, 6.07) is 0. The molecule has 0 bridgehead atoms. The van der Waals surface area contributed by atoms with Crippen LogP contribution in [0.25, 0.3) is 0 Å². The van der Waals surface area contributed by atoms with Crippen molar-refractivity contribution in [3.8, 4) is 0 Å². The van der Waals surface area contributed by atoms with E-state index in [4.69, 9.17) is 14.2 Å². The largest absolute Gasteiger partial charge is 0.462 e. The van der Waals surface area contributed by atoms with Gasteiger partial charge >= 0.3 is 17.9 Å². The van der Waals surface area contributed by atoms with Gasteiger partial charge < -0.3 is 14.2 Å². The van der Waals surface area contributed by atoms with Crippen molar-refractivity contribution < 1.29 is 28.6 Å². The molecule has 0 heterocycles. The summed E-state index contributed by atoms with van der Waals surface area (Å²) in [4.78, 5) is 37.8. The van der Waals surface area contributed by atoms with Gasteiger partial charge in [-0.1, -0.05) is 245 Å². The number of ether oxygens (including phenoxy) is 3. The summed E-state index contributed by atoms with van der Waals surface area (Å²) >= 11 is 0. The molecule has 0 N–H and O–H groups in total. The molecule has 0 aliphatic heterocycles. The molecule has 6 heteroatoms. The summed E-state index contributed by atoms with van der Waals surface area (Å²) in [6.45, 7) is 6.63. The van der Waals surface area contributed by atoms with Gasteiger partial charge in [0.15, 0.2) is 6.10 Å². The van der Waals surface area contributed by atoms with Crippen LogP contribution < -0.4 is 0 Å². The minimum Gasteiger partial charge on any atom is -0.462 e. The highest BCUT2D eigenvalue weighted by atomic mass is 16.6. The van der Waals surface area contributed by atoms with E-state index >= 15 is 0 Å². The molecule has 1 unspecified atom stereocenters. The third-order valence-electron chi connectivity index (χ3n) is 12.0. The lowest BCUT2D eigenvalue weighted by molar-refractivity contribution is -0.167. The summed E-state index contributed by atoms with van der Waals surface area (Å²) in [5, 5.41) is 0. The third kappa shape index (κ3) is 47.2. The van der Waals surface area contributed by atoms with Crippen LogP contribution in [0.1, 0.15) is 297 Å². The molecule has 0 amide bonds. The Morgan fingerprint density at radius 2 is 0.550 bits per heavy atom. The van der Waals surface area contributed by atoms with Crippen LogP contribution in [-0.4, -0.2) is 37.2 Å². The standard InChI is InChI=1S/C54H102O6/c1-4-7-10-13-16-19-21-23-24-25-26-27-28-29-30-32-33-35-38-41-44-47-53(56)59-50-51(49-58-52(55)46-43-40-37-18-15-12-9-6-3)60-54(57)48-45-42-39-36-34-31-22-20-17-14-11-8-5-2/h20,22,51H,4-19,21,23-50H2,1-3H3/b22-20-. The third-order valence-corrected chi connectivity index (χ3v) is 12.0. The Morgan fingerprint density at radius 3 is 0.850 bits per heavy atom. The number of rotatable bonds is 49. The van der Waals surface area contributed by atoms with Gasteiger partial charge in [-0.2, -0.15) is 0 Å². The highest BCUT2D eigenvalue weighted by Crippen LogP contribution is 2.17. The van der Waals surface area contributed by atoms with E-state index in [1.165, 1.54) is 193 Å². The predicted molar refractivity (Wildman–Crippen MR) is 256 cm³/mol. The fourth-order valence-corrected chi connectivity index (χ4v) is 7.97. The van der Waals surface area contributed by atoms with Crippen LogP contribution in [0, 0.1) is 0 Å². The molecular weight excluding hydrogens is 745 g/mol. The molecule has 6 nitrogen and oxygen atoms in total. The highest BCUT2D eigenvalue weighted by molar-refractivity contribution is 5.71. The second-order valence-corrected chi connectivity index (χ2v) is 18.2. The number of hydrogen-bond acceptors (Lipinski definition) is 6. The van der Waals surface area contributed by atoms with Crippen molar-refractivity contribution in [3.05, 3.63) is 12.2 Å². The first-order chi connectivity index (χ1) is 29.5. The fraction of sp³-hybridized carbons (Fsp3) is 0.907. The summed E-state index contributed by atoms with van der Waals surface area (Å²) in [6.07, 6.45) is 55.0. The molecule has 0 aliphatic rings. The van der Waals surface area contributed by atoms with E-state index in [1.807, 2.05) is 0 Å². The molecule has 1 atom stereocenters. The zero-order valence-corrected chi connectivity index (χ0v) is 40.5. The maximum atomic E-state index is 12.7. The molecule has 0 aliphatic carbocycles. The lowest BCUT2D eigenvalue weighted by atomic mass is 10.0. The van der Waals surface area contributed by atoms with Gasteiger partial charge in [-0.05, 0) is 44.9 Å². The Balaban J connectivity index is 4.17. The fourth-order valence-electron chi connectivity index (χ4n) is 7.97. The molecule has 0 rings (SSSR count). The first-order valence-corrected chi connectivity index (χ1v) is 26.7. The highest BCUT2D eigenvalue weighted by Gasteiger charge is 2.19. The lowest BCUT2D eigenvalue weighted by Crippen LogP contribution is -2.30. The lowest BCUT2D eigenvalue weighted by Gasteiger charge is -2.18. The van der Waals surface area contributed by atoms with Gasteiger partial charge in [0, 0.05) is 19.3 Å². The predicted octanol–water partition coefficient (Wildman–Crippen LogP) is 17.4. The molecule has 0 aromatic heterocycles. The Labute approximate surface area is 373 Å². The second kappa shape index (κ2) is 49.8. The molecule has 0 aromatic carbocycles. The monoisotopic (exact) mass is 847 g/mol. The number of esters is 3. The summed E-state index contributed by atoms with van der Waals surface area (Å²) in [7, 11) is 0. The van der Waals surface area contributed by atoms with Crippen LogP contribution in [0.4, 0.5) is 0 Å². The topological polar surface area (TPSA) is 78.9 Å². The SMILES string of the molecule is CCCCCC/C=C\CCCCCCCC(=O)OC(COC(=O)CCCCCCCCCC)COC(=O)CCCCCCCCCCCCCCCCCCCCCCC. The van der Waals surface area contributed by atoms with E-state index < -0.39 is 6.10 Å². The van der Waals surface area contributed by atoms with Crippen LogP contribution >= 0.6 is 0 Å². The zero-order chi connectivity index (χ0) is 43.7. The molecule has 0 saturated carbocycles. The van der Waals surface area contributed by atoms with Gasteiger partial charge in [0.25, 0.3) is 0 Å².